The van der Waals surface area contributed by atoms with Crippen LogP contribution >= 0.6 is 24.8 Å². The highest BCUT2D eigenvalue weighted by molar-refractivity contribution is 5.85. The van der Waals surface area contributed by atoms with Crippen molar-refractivity contribution in [2.75, 3.05) is 26.0 Å². The minimum absolute atomic E-state index is 0. The molecule has 0 aromatic rings. The molecule has 0 saturated carbocycles. The molecule has 1 rings (SSSR count). The van der Waals surface area contributed by atoms with Crippen LogP contribution in [0.1, 0.15) is 8.22 Å². The lowest BCUT2D eigenvalue weighted by atomic mass is 10.4. The first kappa shape index (κ1) is 2.27. The van der Waals surface area contributed by atoms with E-state index in [1.807, 2.05) is 0 Å². The van der Waals surface area contributed by atoms with E-state index in [-0.39, 0.29) is 35.4 Å². The zero-order chi connectivity index (χ0) is 11.4. The summed E-state index contributed by atoms with van der Waals surface area (Å²) < 4.78 is 57.8. The smallest absolute Gasteiger partial charge is 0.122 e. The Hall–Kier alpha value is 0.500. The first-order valence-electron chi connectivity index (χ1n) is 5.49. The second-order valence-electron chi connectivity index (χ2n) is 0.810. The minimum atomic E-state index is -2.86. The summed E-state index contributed by atoms with van der Waals surface area (Å²) in [6.07, 6.45) is 0. The first-order valence-corrected chi connectivity index (χ1v) is 1.59. The molecule has 1 aliphatic heterocycles. The summed E-state index contributed by atoms with van der Waals surface area (Å²) in [5, 5.41) is 0.128. The molecule has 0 bridgehead atoms. The van der Waals surface area contributed by atoms with E-state index < -0.39 is 26.0 Å². The van der Waals surface area contributed by atoms with Crippen molar-refractivity contribution in [3.63, 3.8) is 0 Å². The molecule has 0 radical (unpaired) electrons. The Balaban J connectivity index is 0. The number of nitrogens with one attached hydrogen (secondary N) is 2. The van der Waals surface area contributed by atoms with E-state index in [9.17, 15) is 0 Å². The second kappa shape index (κ2) is 7.50. The lowest BCUT2D eigenvalue weighted by Gasteiger charge is -2.11. The predicted molar refractivity (Wildman–Crippen MR) is 40.2 cm³/mol. The zero-order valence-corrected chi connectivity index (χ0v) is 5.55. The Labute approximate surface area is 73.6 Å². The van der Waals surface area contributed by atoms with Crippen molar-refractivity contribution in [2.24, 2.45) is 0 Å². The lowest BCUT2D eigenvalue weighted by molar-refractivity contribution is 0.534. The second-order valence-corrected chi connectivity index (χ2v) is 0.810. The van der Waals surface area contributed by atoms with Crippen molar-refractivity contribution in [3.8, 4) is 0 Å². The van der Waals surface area contributed by atoms with Crippen LogP contribution < -0.4 is 10.6 Å². The molecule has 0 amide bonds. The van der Waals surface area contributed by atoms with Gasteiger partial charge in [0.05, 0.1) is 0 Å². The van der Waals surface area contributed by atoms with Crippen LogP contribution in [0.3, 0.4) is 0 Å². The molecular formula is C4H12Cl2N2. The average Bonchev–Trinajstić information content (AvgIpc) is 1.99. The molecule has 52 valence electrons. The number of piperazine rings is 1. The summed E-state index contributed by atoms with van der Waals surface area (Å²) in [5.41, 5.74) is 0. The van der Waals surface area contributed by atoms with E-state index in [2.05, 4.69) is 0 Å². The highest BCUT2D eigenvalue weighted by Gasteiger charge is 1.91. The molecule has 0 unspecified atom stereocenters. The summed E-state index contributed by atoms with van der Waals surface area (Å²) in [6, 6.07) is 0. The molecule has 1 heterocycles. The monoisotopic (exact) mass is 166 g/mol. The number of halogens is 2. The van der Waals surface area contributed by atoms with Gasteiger partial charge in [-0.05, 0) is 0 Å². The predicted octanol–water partition coefficient (Wildman–Crippen LogP) is 0.0228. The molecule has 2 nitrogen and oxygen atoms in total. The largest absolute Gasteiger partial charge is 0.314 e. The lowest BCUT2D eigenvalue weighted by Crippen LogP contribution is -2.39. The van der Waals surface area contributed by atoms with Crippen molar-refractivity contribution in [1.82, 2.24) is 10.6 Å². The Morgan fingerprint density at radius 1 is 1.12 bits per heavy atom. The summed E-state index contributed by atoms with van der Waals surface area (Å²) in [6.45, 7) is -8.63. The van der Waals surface area contributed by atoms with Gasteiger partial charge in [0.25, 0.3) is 0 Å². The topological polar surface area (TPSA) is 24.1 Å². The minimum Gasteiger partial charge on any atom is -0.314 e. The maximum atomic E-state index is 7.25. The van der Waals surface area contributed by atoms with Gasteiger partial charge in [0, 0.05) is 34.3 Å². The van der Waals surface area contributed by atoms with Gasteiger partial charge in [0.1, 0.15) is 2.82 Å². The number of hydrogen-bond donors (Lipinski definition) is 2. The van der Waals surface area contributed by atoms with Gasteiger partial charge in [-0.25, -0.2) is 0 Å². The normalized spacial score (nSPS) is 56.5. The van der Waals surface area contributed by atoms with Gasteiger partial charge in [-0.15, -0.1) is 24.8 Å². The van der Waals surface area contributed by atoms with Crippen LogP contribution in [0.5, 0.6) is 0 Å². The molecule has 4 heteroatoms. The summed E-state index contributed by atoms with van der Waals surface area (Å²) in [7, 11) is 0. The van der Waals surface area contributed by atoms with E-state index in [1.165, 1.54) is 0 Å². The van der Waals surface area contributed by atoms with Gasteiger partial charge in [-0.3, -0.25) is 0 Å². The Kier molecular flexibility index (Phi) is 2.13. The Morgan fingerprint density at radius 2 is 1.75 bits per heavy atom. The van der Waals surface area contributed by atoms with E-state index in [0.717, 1.165) is 0 Å². The van der Waals surface area contributed by atoms with Crippen LogP contribution in [0.2, 0.25) is 2.82 Å². The van der Waals surface area contributed by atoms with E-state index in [1.54, 1.807) is 0 Å². The van der Waals surface area contributed by atoms with Crippen LogP contribution in [0.25, 0.3) is 0 Å². The first-order chi connectivity index (χ1) is 6.03. The van der Waals surface area contributed by atoms with Crippen LogP contribution in [0.15, 0.2) is 0 Å². The molecule has 0 aromatic carbocycles. The fourth-order valence-corrected chi connectivity index (χ4v) is 0.210. The fraction of sp³-hybridized carbons (Fsp3) is 1.00. The zero-order valence-electron chi connectivity index (χ0n) is 11.9. The van der Waals surface area contributed by atoms with E-state index in [4.69, 9.17) is 11.0 Å². The molecule has 0 spiro atoms. The van der Waals surface area contributed by atoms with Gasteiger partial charge in [0.15, 0.2) is 0 Å². The standard InChI is InChI=1S/C4H10N2.2ClH/c1-2-6-4-3-5-1;;/h5-6H,1-4H2;2*1H/i1D2,2D2,3D2;;/hD2. The van der Waals surface area contributed by atoms with Crippen molar-refractivity contribution >= 4 is 24.8 Å². The fourth-order valence-electron chi connectivity index (χ4n) is 0.210. The Morgan fingerprint density at radius 3 is 2.50 bits per heavy atom. The summed E-state index contributed by atoms with van der Waals surface area (Å²) in [5.74, 6) is 0. The van der Waals surface area contributed by atoms with Crippen LogP contribution in [-0.2, 0) is 0 Å². The molecule has 0 aromatic heterocycles. The maximum absolute atomic E-state index is 7.25. The summed E-state index contributed by atoms with van der Waals surface area (Å²) in [4.78, 5) is 0. The Bertz CT molecular complexity index is 248. The van der Waals surface area contributed by atoms with Crippen molar-refractivity contribution in [2.45, 2.75) is 0 Å². The van der Waals surface area contributed by atoms with E-state index >= 15 is 0 Å². The molecule has 2 N–H and O–H groups in total. The molecule has 0 aliphatic carbocycles. The molecule has 8 heavy (non-hydrogen) atoms. The van der Waals surface area contributed by atoms with Crippen LogP contribution in [-0.4, -0.2) is 26.0 Å². The molecule has 1 fully saturated rings. The highest BCUT2D eigenvalue weighted by Crippen LogP contribution is 1.65. The van der Waals surface area contributed by atoms with E-state index in [0.29, 0.717) is 0 Å². The average molecular weight is 167 g/mol. The number of hydrogen-bond acceptors (Lipinski definition) is 2. The summed E-state index contributed by atoms with van der Waals surface area (Å²) >= 11 is 0. The maximum Gasteiger partial charge on any atom is 0.122 e. The van der Waals surface area contributed by atoms with Gasteiger partial charge < -0.3 is 10.6 Å². The van der Waals surface area contributed by atoms with Gasteiger partial charge in [0.2, 0.25) is 0 Å². The molecule has 1 saturated heterocycles. The SMILES string of the molecule is Cl.Cl.[2H]N1CC([2H])([2H])N([2H])C([2H])([2H])C1([2H])[2H]. The van der Waals surface area contributed by atoms with Gasteiger partial charge in [-0.2, -0.15) is 0 Å². The quantitative estimate of drug-likeness (QED) is 0.531. The highest BCUT2D eigenvalue weighted by atomic mass is 35.5. The molecule has 1 aliphatic rings. The van der Waals surface area contributed by atoms with Gasteiger partial charge in [-0.1, -0.05) is 0 Å². The number of rotatable bonds is 0. The third kappa shape index (κ3) is 4.65. The van der Waals surface area contributed by atoms with Crippen molar-refractivity contribution in [3.05, 3.63) is 0 Å². The molecular weight excluding hydrogens is 147 g/mol. The van der Waals surface area contributed by atoms with Crippen molar-refractivity contribution in [1.29, 1.82) is 0 Å². The van der Waals surface area contributed by atoms with Crippen LogP contribution in [0.4, 0.5) is 0 Å². The third-order valence-corrected chi connectivity index (χ3v) is 0.414. The molecule has 0 atom stereocenters. The third-order valence-electron chi connectivity index (χ3n) is 0.414. The van der Waals surface area contributed by atoms with Gasteiger partial charge >= 0.3 is 0 Å². The van der Waals surface area contributed by atoms with Crippen molar-refractivity contribution < 1.29 is 11.0 Å². The van der Waals surface area contributed by atoms with Crippen LogP contribution in [0, 0.1) is 0 Å².